The third-order valence-corrected chi connectivity index (χ3v) is 4.20. The van der Waals surface area contributed by atoms with Crippen LogP contribution < -0.4 is 0 Å². The number of halogens is 1. The van der Waals surface area contributed by atoms with Crippen molar-refractivity contribution >= 4 is 11.8 Å². The Morgan fingerprint density at radius 2 is 1.56 bits per heavy atom. The van der Waals surface area contributed by atoms with Crippen molar-refractivity contribution < 1.29 is 14.0 Å². The molecule has 0 unspecified atom stereocenters. The van der Waals surface area contributed by atoms with Gasteiger partial charge in [0.25, 0.3) is 11.8 Å². The molecule has 126 valence electrons. The first-order valence-corrected chi connectivity index (χ1v) is 7.93. The monoisotopic (exact) mass is 337 g/mol. The molecule has 5 nitrogen and oxygen atoms in total. The predicted molar refractivity (Wildman–Crippen MR) is 89.4 cm³/mol. The number of hydrogen-bond acceptors (Lipinski definition) is 3. The molecule has 6 heteroatoms. The highest BCUT2D eigenvalue weighted by Gasteiger charge is 2.26. The number of piperazine rings is 1. The molecule has 1 aliphatic rings. The average Bonchev–Trinajstić information content (AvgIpc) is 2.67. The fourth-order valence-corrected chi connectivity index (χ4v) is 2.82. The van der Waals surface area contributed by atoms with Crippen LogP contribution in [0.15, 0.2) is 48.5 Å². The van der Waals surface area contributed by atoms with E-state index >= 15 is 0 Å². The van der Waals surface area contributed by atoms with Crippen LogP contribution in [-0.4, -0.2) is 47.8 Å². The van der Waals surface area contributed by atoms with Gasteiger partial charge in [0.05, 0.1) is 17.2 Å². The molecule has 0 bridgehead atoms. The quantitative estimate of drug-likeness (QED) is 0.845. The van der Waals surface area contributed by atoms with Crippen molar-refractivity contribution in [1.82, 2.24) is 9.80 Å². The third-order valence-electron chi connectivity index (χ3n) is 4.20. The van der Waals surface area contributed by atoms with Gasteiger partial charge in [-0.2, -0.15) is 5.26 Å². The van der Waals surface area contributed by atoms with Crippen molar-refractivity contribution in [1.29, 1.82) is 5.26 Å². The molecule has 25 heavy (non-hydrogen) atoms. The molecule has 0 radical (unpaired) electrons. The number of nitriles is 1. The minimum atomic E-state index is -0.542. The van der Waals surface area contributed by atoms with Gasteiger partial charge in [-0.25, -0.2) is 4.39 Å². The summed E-state index contributed by atoms with van der Waals surface area (Å²) in [6, 6.07) is 14.4. The van der Waals surface area contributed by atoms with Gasteiger partial charge in [-0.15, -0.1) is 0 Å². The van der Waals surface area contributed by atoms with Crippen LogP contribution in [0, 0.1) is 17.1 Å². The Hall–Kier alpha value is -3.20. The first-order chi connectivity index (χ1) is 12.1. The summed E-state index contributed by atoms with van der Waals surface area (Å²) in [6.45, 7) is 1.43. The van der Waals surface area contributed by atoms with Crippen molar-refractivity contribution in [3.63, 3.8) is 0 Å². The molecule has 2 amide bonds. The van der Waals surface area contributed by atoms with Gasteiger partial charge >= 0.3 is 0 Å². The lowest BCUT2D eigenvalue weighted by Gasteiger charge is -2.35. The zero-order valence-corrected chi connectivity index (χ0v) is 13.5. The standard InChI is InChI=1S/C19H16FN3O2/c20-17-7-2-1-6-16(17)19(25)23-10-8-22(9-11-23)18(24)15-5-3-4-14(12-15)13-21/h1-7,12H,8-11H2. The normalized spacial score (nSPS) is 14.1. The van der Waals surface area contributed by atoms with Gasteiger partial charge < -0.3 is 9.80 Å². The van der Waals surface area contributed by atoms with E-state index in [2.05, 4.69) is 0 Å². The van der Waals surface area contributed by atoms with E-state index in [1.807, 2.05) is 6.07 Å². The molecular formula is C19H16FN3O2. The first kappa shape index (κ1) is 16.7. The predicted octanol–water partition coefficient (Wildman–Crippen LogP) is 2.30. The number of rotatable bonds is 2. The van der Waals surface area contributed by atoms with Crippen LogP contribution in [0.25, 0.3) is 0 Å². The Labute approximate surface area is 144 Å². The van der Waals surface area contributed by atoms with Gasteiger partial charge in [-0.05, 0) is 30.3 Å². The van der Waals surface area contributed by atoms with E-state index < -0.39 is 5.82 Å². The number of carbonyl (C=O) groups excluding carboxylic acids is 2. The van der Waals surface area contributed by atoms with Gasteiger partial charge in [-0.1, -0.05) is 18.2 Å². The maximum Gasteiger partial charge on any atom is 0.256 e. The van der Waals surface area contributed by atoms with E-state index in [4.69, 9.17) is 5.26 Å². The van der Waals surface area contributed by atoms with Crippen LogP contribution in [0.3, 0.4) is 0 Å². The summed E-state index contributed by atoms with van der Waals surface area (Å²) in [4.78, 5) is 28.1. The van der Waals surface area contributed by atoms with Crippen LogP contribution >= 0.6 is 0 Å². The van der Waals surface area contributed by atoms with E-state index in [0.717, 1.165) is 0 Å². The molecule has 0 spiro atoms. The third kappa shape index (κ3) is 3.50. The lowest BCUT2D eigenvalue weighted by atomic mass is 10.1. The number of benzene rings is 2. The largest absolute Gasteiger partial charge is 0.335 e. The number of hydrogen-bond donors (Lipinski definition) is 0. The van der Waals surface area contributed by atoms with Crippen molar-refractivity contribution in [2.45, 2.75) is 0 Å². The van der Waals surface area contributed by atoms with Crippen LogP contribution in [0.5, 0.6) is 0 Å². The minimum Gasteiger partial charge on any atom is -0.335 e. The zero-order valence-electron chi connectivity index (χ0n) is 13.5. The Balaban J connectivity index is 1.65. The number of carbonyl (C=O) groups is 2. The smallest absolute Gasteiger partial charge is 0.256 e. The fourth-order valence-electron chi connectivity index (χ4n) is 2.82. The zero-order chi connectivity index (χ0) is 17.8. The van der Waals surface area contributed by atoms with Crippen molar-refractivity contribution in [2.24, 2.45) is 0 Å². The highest BCUT2D eigenvalue weighted by Crippen LogP contribution is 2.14. The van der Waals surface area contributed by atoms with E-state index in [1.165, 1.54) is 18.2 Å². The summed E-state index contributed by atoms with van der Waals surface area (Å²) in [7, 11) is 0. The lowest BCUT2D eigenvalue weighted by molar-refractivity contribution is 0.0533. The van der Waals surface area contributed by atoms with Gasteiger partial charge in [-0.3, -0.25) is 9.59 Å². The topological polar surface area (TPSA) is 64.4 Å². The van der Waals surface area contributed by atoms with Gasteiger partial charge in [0, 0.05) is 31.7 Å². The van der Waals surface area contributed by atoms with Crippen molar-refractivity contribution in [3.05, 3.63) is 71.0 Å². The number of nitrogens with zero attached hydrogens (tertiary/aromatic N) is 3. The van der Waals surface area contributed by atoms with Gasteiger partial charge in [0.1, 0.15) is 5.82 Å². The highest BCUT2D eigenvalue weighted by molar-refractivity contribution is 5.96. The van der Waals surface area contributed by atoms with Gasteiger partial charge in [0.2, 0.25) is 0 Å². The molecule has 0 aromatic heterocycles. The second kappa shape index (κ2) is 7.14. The molecule has 1 saturated heterocycles. The Morgan fingerprint density at radius 3 is 2.20 bits per heavy atom. The second-order valence-electron chi connectivity index (χ2n) is 5.76. The van der Waals surface area contributed by atoms with Crippen molar-refractivity contribution in [3.8, 4) is 6.07 Å². The molecule has 0 atom stereocenters. The van der Waals surface area contributed by atoms with Crippen molar-refractivity contribution in [2.75, 3.05) is 26.2 Å². The Morgan fingerprint density at radius 1 is 0.920 bits per heavy atom. The van der Waals surface area contributed by atoms with E-state index in [0.29, 0.717) is 37.3 Å². The fraction of sp³-hybridized carbons (Fsp3) is 0.211. The molecule has 2 aromatic rings. The average molecular weight is 337 g/mol. The lowest BCUT2D eigenvalue weighted by Crippen LogP contribution is -2.50. The van der Waals surface area contributed by atoms with Crippen LogP contribution in [0.1, 0.15) is 26.3 Å². The summed E-state index contributed by atoms with van der Waals surface area (Å²) in [5, 5.41) is 8.93. The summed E-state index contributed by atoms with van der Waals surface area (Å²) >= 11 is 0. The van der Waals surface area contributed by atoms with Crippen LogP contribution in [0.2, 0.25) is 0 Å². The molecule has 3 rings (SSSR count). The molecule has 2 aromatic carbocycles. The highest BCUT2D eigenvalue weighted by atomic mass is 19.1. The Bertz CT molecular complexity index is 852. The number of amides is 2. The second-order valence-corrected chi connectivity index (χ2v) is 5.76. The minimum absolute atomic E-state index is 0.0454. The molecular weight excluding hydrogens is 321 g/mol. The summed E-state index contributed by atoms with van der Waals surface area (Å²) in [6.07, 6.45) is 0. The maximum atomic E-state index is 13.8. The summed E-state index contributed by atoms with van der Waals surface area (Å²) in [5.74, 6) is -1.08. The van der Waals surface area contributed by atoms with Crippen LogP contribution in [-0.2, 0) is 0 Å². The van der Waals surface area contributed by atoms with Crippen LogP contribution in [0.4, 0.5) is 4.39 Å². The first-order valence-electron chi connectivity index (χ1n) is 7.93. The van der Waals surface area contributed by atoms with E-state index in [1.54, 1.807) is 40.1 Å². The Kier molecular flexibility index (Phi) is 4.75. The molecule has 1 fully saturated rings. The van der Waals surface area contributed by atoms with E-state index in [9.17, 15) is 14.0 Å². The maximum absolute atomic E-state index is 13.8. The SMILES string of the molecule is N#Cc1cccc(C(=O)N2CCN(C(=O)c3ccccc3F)CC2)c1. The van der Waals surface area contributed by atoms with Gasteiger partial charge in [0.15, 0.2) is 0 Å². The summed E-state index contributed by atoms with van der Waals surface area (Å²) in [5.41, 5.74) is 0.927. The molecule has 0 aliphatic carbocycles. The molecule has 1 heterocycles. The molecule has 0 N–H and O–H groups in total. The van der Waals surface area contributed by atoms with E-state index in [-0.39, 0.29) is 17.4 Å². The molecule has 1 aliphatic heterocycles. The summed E-state index contributed by atoms with van der Waals surface area (Å²) < 4.78 is 13.8. The molecule has 0 saturated carbocycles.